The molecule has 0 bridgehead atoms. The molecule has 2 rings (SSSR count). The Hall–Kier alpha value is -1.24. The summed E-state index contributed by atoms with van der Waals surface area (Å²) in [6.07, 6.45) is 5.53. The molecule has 23 heavy (non-hydrogen) atoms. The third-order valence-corrected chi connectivity index (χ3v) is 5.90. The SMILES string of the molecule is COC(=O)CC1(CNC(=O)[C@@H]2CSCN2C(C)=O)CCCCC1. The van der Waals surface area contributed by atoms with Crippen molar-refractivity contribution in [3.05, 3.63) is 0 Å². The Balaban J connectivity index is 1.96. The summed E-state index contributed by atoms with van der Waals surface area (Å²) in [6.45, 7) is 1.97. The second-order valence-corrected chi connectivity index (χ2v) is 7.54. The lowest BCUT2D eigenvalue weighted by atomic mass is 9.71. The number of nitrogens with zero attached hydrogens (tertiary/aromatic N) is 1. The molecule has 1 atom stereocenters. The van der Waals surface area contributed by atoms with Crippen LogP contribution in [0.3, 0.4) is 0 Å². The van der Waals surface area contributed by atoms with Crippen LogP contribution in [0.5, 0.6) is 0 Å². The maximum absolute atomic E-state index is 12.5. The minimum Gasteiger partial charge on any atom is -0.469 e. The van der Waals surface area contributed by atoms with Crippen LogP contribution in [0.1, 0.15) is 45.4 Å². The molecule has 1 heterocycles. The van der Waals surface area contributed by atoms with Gasteiger partial charge in [-0.1, -0.05) is 19.3 Å². The fraction of sp³-hybridized carbons (Fsp3) is 0.812. The van der Waals surface area contributed by atoms with Crippen LogP contribution in [0.15, 0.2) is 0 Å². The number of carbonyl (C=O) groups excluding carboxylic acids is 3. The number of ether oxygens (including phenoxy) is 1. The summed E-state index contributed by atoms with van der Waals surface area (Å²) in [4.78, 5) is 37.4. The number of carbonyl (C=O) groups is 3. The smallest absolute Gasteiger partial charge is 0.306 e. The van der Waals surface area contributed by atoms with Crippen molar-refractivity contribution in [2.24, 2.45) is 5.41 Å². The highest BCUT2D eigenvalue weighted by atomic mass is 32.2. The zero-order valence-electron chi connectivity index (χ0n) is 13.9. The van der Waals surface area contributed by atoms with Crippen LogP contribution < -0.4 is 5.32 Å². The van der Waals surface area contributed by atoms with Crippen molar-refractivity contribution >= 4 is 29.5 Å². The molecule has 1 aliphatic carbocycles. The van der Waals surface area contributed by atoms with Crippen molar-refractivity contribution < 1.29 is 19.1 Å². The number of rotatable bonds is 5. The van der Waals surface area contributed by atoms with Crippen LogP contribution >= 0.6 is 11.8 Å². The van der Waals surface area contributed by atoms with E-state index in [4.69, 9.17) is 4.74 Å². The largest absolute Gasteiger partial charge is 0.469 e. The number of hydrogen-bond acceptors (Lipinski definition) is 5. The molecule has 0 aromatic carbocycles. The Morgan fingerprint density at radius 2 is 1.96 bits per heavy atom. The molecule has 6 nitrogen and oxygen atoms in total. The Morgan fingerprint density at radius 1 is 1.26 bits per heavy atom. The van der Waals surface area contributed by atoms with Crippen molar-refractivity contribution in [1.29, 1.82) is 0 Å². The Bertz CT molecular complexity index is 463. The molecule has 1 N–H and O–H groups in total. The van der Waals surface area contributed by atoms with Crippen molar-refractivity contribution in [3.63, 3.8) is 0 Å². The first-order valence-electron chi connectivity index (χ1n) is 8.17. The van der Waals surface area contributed by atoms with Gasteiger partial charge in [0, 0.05) is 19.2 Å². The number of thioether (sulfide) groups is 1. The molecule has 1 aliphatic heterocycles. The zero-order chi connectivity index (χ0) is 16.9. The number of amides is 2. The average molecular weight is 342 g/mol. The number of esters is 1. The number of methoxy groups -OCH3 is 1. The van der Waals surface area contributed by atoms with Crippen LogP contribution in [0.2, 0.25) is 0 Å². The van der Waals surface area contributed by atoms with Crippen molar-refractivity contribution in [3.8, 4) is 0 Å². The van der Waals surface area contributed by atoms with E-state index in [2.05, 4.69) is 5.32 Å². The van der Waals surface area contributed by atoms with Gasteiger partial charge in [0.05, 0.1) is 19.4 Å². The van der Waals surface area contributed by atoms with E-state index in [1.165, 1.54) is 20.5 Å². The second-order valence-electron chi connectivity index (χ2n) is 6.54. The molecule has 0 spiro atoms. The van der Waals surface area contributed by atoms with Gasteiger partial charge >= 0.3 is 5.97 Å². The lowest BCUT2D eigenvalue weighted by Gasteiger charge is -2.37. The molecule has 0 aromatic heterocycles. The molecule has 1 saturated heterocycles. The highest BCUT2D eigenvalue weighted by Gasteiger charge is 2.37. The van der Waals surface area contributed by atoms with Crippen LogP contribution in [0, 0.1) is 5.41 Å². The highest BCUT2D eigenvalue weighted by molar-refractivity contribution is 7.99. The van der Waals surface area contributed by atoms with Crippen molar-refractivity contribution in [2.45, 2.75) is 51.5 Å². The molecule has 130 valence electrons. The topological polar surface area (TPSA) is 75.7 Å². The van der Waals surface area contributed by atoms with E-state index in [0.717, 1.165) is 25.7 Å². The van der Waals surface area contributed by atoms with Crippen LogP contribution in [0.25, 0.3) is 0 Å². The summed E-state index contributed by atoms with van der Waals surface area (Å²) in [5.41, 5.74) is -0.201. The number of hydrogen-bond donors (Lipinski definition) is 1. The van der Waals surface area contributed by atoms with Gasteiger partial charge in [0.2, 0.25) is 11.8 Å². The van der Waals surface area contributed by atoms with Crippen molar-refractivity contribution in [1.82, 2.24) is 10.2 Å². The van der Waals surface area contributed by atoms with Gasteiger partial charge < -0.3 is 15.0 Å². The number of nitrogens with one attached hydrogen (secondary N) is 1. The Morgan fingerprint density at radius 3 is 2.57 bits per heavy atom. The van der Waals surface area contributed by atoms with Crippen molar-refractivity contribution in [2.75, 3.05) is 25.3 Å². The second kappa shape index (κ2) is 8.04. The van der Waals surface area contributed by atoms with Gasteiger partial charge in [-0.25, -0.2) is 0 Å². The molecular weight excluding hydrogens is 316 g/mol. The van der Waals surface area contributed by atoms with Crippen LogP contribution in [-0.4, -0.2) is 54.0 Å². The fourth-order valence-electron chi connectivity index (χ4n) is 3.46. The molecule has 7 heteroatoms. The molecule has 1 saturated carbocycles. The summed E-state index contributed by atoms with van der Waals surface area (Å²) in [7, 11) is 1.40. The summed E-state index contributed by atoms with van der Waals surface area (Å²) in [5.74, 6) is 0.802. The van der Waals surface area contributed by atoms with Crippen LogP contribution in [0.4, 0.5) is 0 Å². The predicted molar refractivity (Wildman–Crippen MR) is 88.8 cm³/mol. The van der Waals surface area contributed by atoms with Gasteiger partial charge in [0.15, 0.2) is 0 Å². The monoisotopic (exact) mass is 342 g/mol. The van der Waals surface area contributed by atoms with E-state index in [0.29, 0.717) is 24.6 Å². The molecule has 2 fully saturated rings. The van der Waals surface area contributed by atoms with Gasteiger partial charge in [-0.15, -0.1) is 11.8 Å². The summed E-state index contributed by atoms with van der Waals surface area (Å²) in [6, 6.07) is -0.392. The lowest BCUT2D eigenvalue weighted by Crippen LogP contribution is -2.49. The summed E-state index contributed by atoms with van der Waals surface area (Å²) < 4.78 is 4.83. The molecule has 2 amide bonds. The van der Waals surface area contributed by atoms with E-state index in [-0.39, 0.29) is 23.2 Å². The molecule has 0 aromatic rings. The molecule has 2 aliphatic rings. The minimum absolute atomic E-state index is 0.0721. The minimum atomic E-state index is -0.392. The summed E-state index contributed by atoms with van der Waals surface area (Å²) >= 11 is 1.59. The first-order chi connectivity index (χ1) is 11.0. The van der Waals surface area contributed by atoms with Gasteiger partial charge in [0.25, 0.3) is 0 Å². The average Bonchev–Trinajstić information content (AvgIpc) is 3.03. The molecule has 0 unspecified atom stereocenters. The fourth-order valence-corrected chi connectivity index (χ4v) is 4.68. The predicted octanol–water partition coefficient (Wildman–Crippen LogP) is 1.54. The van der Waals surface area contributed by atoms with E-state index in [9.17, 15) is 14.4 Å². The van der Waals surface area contributed by atoms with Crippen LogP contribution in [-0.2, 0) is 19.1 Å². The Kier molecular flexibility index (Phi) is 6.33. The molecular formula is C16H26N2O4S. The maximum Gasteiger partial charge on any atom is 0.306 e. The highest BCUT2D eigenvalue weighted by Crippen LogP contribution is 2.39. The Labute approximate surface area is 141 Å². The quantitative estimate of drug-likeness (QED) is 0.767. The van der Waals surface area contributed by atoms with E-state index >= 15 is 0 Å². The first-order valence-corrected chi connectivity index (χ1v) is 9.32. The van der Waals surface area contributed by atoms with E-state index in [1.807, 2.05) is 0 Å². The van der Waals surface area contributed by atoms with Gasteiger partial charge in [0.1, 0.15) is 6.04 Å². The van der Waals surface area contributed by atoms with Gasteiger partial charge in [-0.3, -0.25) is 14.4 Å². The molecule has 0 radical (unpaired) electrons. The zero-order valence-corrected chi connectivity index (χ0v) is 14.7. The lowest BCUT2D eigenvalue weighted by molar-refractivity contribution is -0.144. The third-order valence-electron chi connectivity index (χ3n) is 4.89. The normalized spacial score (nSPS) is 23.4. The first kappa shape index (κ1) is 18.1. The van der Waals surface area contributed by atoms with E-state index in [1.54, 1.807) is 16.7 Å². The van der Waals surface area contributed by atoms with E-state index < -0.39 is 6.04 Å². The van der Waals surface area contributed by atoms with Gasteiger partial charge in [-0.05, 0) is 18.3 Å². The third kappa shape index (κ3) is 4.62. The standard InChI is InChI=1S/C16H26N2O4S/c1-12(19)18-11-23-9-13(18)15(21)17-10-16(8-14(20)22-2)6-4-3-5-7-16/h13H,3-11H2,1-2H3,(H,17,21)/t13-/m0/s1. The summed E-state index contributed by atoms with van der Waals surface area (Å²) in [5, 5.41) is 3.00. The maximum atomic E-state index is 12.5. The van der Waals surface area contributed by atoms with Gasteiger partial charge in [-0.2, -0.15) is 0 Å².